The van der Waals surface area contributed by atoms with Crippen molar-refractivity contribution in [2.45, 2.75) is 37.0 Å². The molecule has 1 aromatic rings. The van der Waals surface area contributed by atoms with Crippen LogP contribution >= 0.6 is 23.4 Å². The molecule has 0 bridgehead atoms. The topological polar surface area (TPSA) is 30.5 Å². The largest absolute Gasteiger partial charge is 0.489 e. The summed E-state index contributed by atoms with van der Waals surface area (Å²) in [6, 6.07) is 4.03. The standard InChI is InChI=1S/C16H22ClNO2S/c1-21-16(4-2-5-16)11-18-10-12-8-13(17)15-14(9-12)19-6-3-7-20-15/h8-9,18H,2-7,10-11H2,1H3. The Morgan fingerprint density at radius 3 is 2.76 bits per heavy atom. The highest BCUT2D eigenvalue weighted by Gasteiger charge is 2.35. The molecule has 0 radical (unpaired) electrons. The van der Waals surface area contributed by atoms with Crippen molar-refractivity contribution in [2.24, 2.45) is 0 Å². The third-order valence-electron chi connectivity index (χ3n) is 4.34. The van der Waals surface area contributed by atoms with E-state index >= 15 is 0 Å². The molecule has 1 fully saturated rings. The van der Waals surface area contributed by atoms with Crippen molar-refractivity contribution in [3.8, 4) is 11.5 Å². The molecule has 2 aliphatic rings. The minimum absolute atomic E-state index is 0.453. The average Bonchev–Trinajstić information content (AvgIpc) is 2.67. The van der Waals surface area contributed by atoms with Crippen LogP contribution in [0.2, 0.25) is 5.02 Å². The maximum atomic E-state index is 6.32. The first-order chi connectivity index (χ1) is 10.2. The van der Waals surface area contributed by atoms with Gasteiger partial charge in [0.05, 0.1) is 18.2 Å². The van der Waals surface area contributed by atoms with Crippen molar-refractivity contribution in [2.75, 3.05) is 26.0 Å². The van der Waals surface area contributed by atoms with E-state index in [0.29, 0.717) is 28.7 Å². The number of ether oxygens (including phenoxy) is 2. The SMILES string of the molecule is CSC1(CNCc2cc(Cl)c3c(c2)OCCCO3)CCC1. The molecule has 1 N–H and O–H groups in total. The highest BCUT2D eigenvalue weighted by Crippen LogP contribution is 2.42. The molecule has 21 heavy (non-hydrogen) atoms. The van der Waals surface area contributed by atoms with E-state index in [1.807, 2.05) is 23.9 Å². The molecule has 116 valence electrons. The van der Waals surface area contributed by atoms with Gasteiger partial charge in [-0.1, -0.05) is 18.0 Å². The molecular weight excluding hydrogens is 306 g/mol. The number of fused-ring (bicyclic) bond motifs is 1. The molecule has 0 aromatic heterocycles. The summed E-state index contributed by atoms with van der Waals surface area (Å²) >= 11 is 8.31. The first-order valence-electron chi connectivity index (χ1n) is 7.56. The average molecular weight is 328 g/mol. The zero-order chi connectivity index (χ0) is 14.7. The predicted octanol–water partition coefficient (Wildman–Crippen LogP) is 3.88. The Morgan fingerprint density at radius 2 is 2.05 bits per heavy atom. The van der Waals surface area contributed by atoms with E-state index in [1.54, 1.807) is 0 Å². The third kappa shape index (κ3) is 3.43. The molecule has 3 rings (SSSR count). The first kappa shape index (κ1) is 15.3. The summed E-state index contributed by atoms with van der Waals surface area (Å²) in [5.74, 6) is 1.47. The minimum atomic E-state index is 0.453. The van der Waals surface area contributed by atoms with E-state index < -0.39 is 0 Å². The lowest BCUT2D eigenvalue weighted by molar-refractivity contribution is 0.297. The summed E-state index contributed by atoms with van der Waals surface area (Å²) < 4.78 is 11.8. The summed E-state index contributed by atoms with van der Waals surface area (Å²) in [5, 5.41) is 4.22. The second kappa shape index (κ2) is 6.67. The van der Waals surface area contributed by atoms with Gasteiger partial charge in [-0.3, -0.25) is 0 Å². The van der Waals surface area contributed by atoms with Crippen LogP contribution in [0, 0.1) is 0 Å². The molecule has 5 heteroatoms. The zero-order valence-corrected chi connectivity index (χ0v) is 14.0. The van der Waals surface area contributed by atoms with Gasteiger partial charge in [0.1, 0.15) is 0 Å². The number of nitrogens with one attached hydrogen (secondary N) is 1. The van der Waals surface area contributed by atoms with Crippen molar-refractivity contribution < 1.29 is 9.47 Å². The Balaban J connectivity index is 1.63. The highest BCUT2D eigenvalue weighted by atomic mass is 35.5. The molecule has 3 nitrogen and oxygen atoms in total. The second-order valence-electron chi connectivity index (χ2n) is 5.80. The Morgan fingerprint density at radius 1 is 1.24 bits per heavy atom. The lowest BCUT2D eigenvalue weighted by Crippen LogP contribution is -2.43. The number of hydrogen-bond donors (Lipinski definition) is 1. The van der Waals surface area contributed by atoms with Gasteiger partial charge >= 0.3 is 0 Å². The lowest BCUT2D eigenvalue weighted by atomic mass is 9.84. The van der Waals surface area contributed by atoms with Crippen LogP contribution in [0.4, 0.5) is 0 Å². The van der Waals surface area contributed by atoms with Gasteiger partial charge in [0.25, 0.3) is 0 Å². The van der Waals surface area contributed by atoms with Gasteiger partial charge in [-0.05, 0) is 36.8 Å². The van der Waals surface area contributed by atoms with Gasteiger partial charge in [0.15, 0.2) is 11.5 Å². The highest BCUT2D eigenvalue weighted by molar-refractivity contribution is 8.00. The Hall–Kier alpha value is -0.580. The molecule has 1 heterocycles. The Kier molecular flexibility index (Phi) is 4.87. The van der Waals surface area contributed by atoms with Crippen LogP contribution in [0.25, 0.3) is 0 Å². The molecule has 0 saturated heterocycles. The monoisotopic (exact) mass is 327 g/mol. The molecule has 1 aliphatic carbocycles. The van der Waals surface area contributed by atoms with E-state index in [9.17, 15) is 0 Å². The summed E-state index contributed by atoms with van der Waals surface area (Å²) in [6.45, 7) is 3.23. The van der Waals surface area contributed by atoms with Crippen LogP contribution in [0.5, 0.6) is 11.5 Å². The first-order valence-corrected chi connectivity index (χ1v) is 9.17. The van der Waals surface area contributed by atoms with E-state index in [1.165, 1.54) is 19.3 Å². The number of thioether (sulfide) groups is 1. The lowest BCUT2D eigenvalue weighted by Gasteiger charge is -2.40. The Bertz CT molecular complexity index is 500. The van der Waals surface area contributed by atoms with Gasteiger partial charge in [-0.15, -0.1) is 0 Å². The van der Waals surface area contributed by atoms with Crippen molar-refractivity contribution >= 4 is 23.4 Å². The van der Waals surface area contributed by atoms with E-state index in [0.717, 1.165) is 30.8 Å². The van der Waals surface area contributed by atoms with Crippen LogP contribution in [-0.4, -0.2) is 30.8 Å². The Labute approximate surface area is 135 Å². The molecule has 1 saturated carbocycles. The van der Waals surface area contributed by atoms with Gasteiger partial charge in [-0.2, -0.15) is 11.8 Å². The summed E-state index contributed by atoms with van der Waals surface area (Å²) in [7, 11) is 0. The number of rotatable bonds is 5. The summed E-state index contributed by atoms with van der Waals surface area (Å²) in [5.41, 5.74) is 1.15. The summed E-state index contributed by atoms with van der Waals surface area (Å²) in [6.07, 6.45) is 7.12. The zero-order valence-electron chi connectivity index (χ0n) is 12.4. The third-order valence-corrected chi connectivity index (χ3v) is 6.04. The van der Waals surface area contributed by atoms with Gasteiger partial charge in [0.2, 0.25) is 0 Å². The molecule has 0 amide bonds. The van der Waals surface area contributed by atoms with Gasteiger partial charge in [0, 0.05) is 24.3 Å². The van der Waals surface area contributed by atoms with Crippen molar-refractivity contribution in [1.29, 1.82) is 0 Å². The smallest absolute Gasteiger partial charge is 0.179 e. The van der Waals surface area contributed by atoms with Crippen LogP contribution in [0.15, 0.2) is 12.1 Å². The van der Waals surface area contributed by atoms with Crippen LogP contribution in [0.3, 0.4) is 0 Å². The van der Waals surface area contributed by atoms with E-state index in [2.05, 4.69) is 11.6 Å². The maximum Gasteiger partial charge on any atom is 0.179 e. The fraction of sp³-hybridized carbons (Fsp3) is 0.625. The second-order valence-corrected chi connectivity index (χ2v) is 7.48. The minimum Gasteiger partial charge on any atom is -0.489 e. The molecule has 0 spiro atoms. The molecule has 1 aliphatic heterocycles. The number of benzene rings is 1. The summed E-state index contributed by atoms with van der Waals surface area (Å²) in [4.78, 5) is 0. The van der Waals surface area contributed by atoms with Crippen LogP contribution in [0.1, 0.15) is 31.2 Å². The van der Waals surface area contributed by atoms with Crippen molar-refractivity contribution in [1.82, 2.24) is 5.32 Å². The molecule has 0 atom stereocenters. The van der Waals surface area contributed by atoms with Crippen LogP contribution < -0.4 is 14.8 Å². The number of hydrogen-bond acceptors (Lipinski definition) is 4. The maximum absolute atomic E-state index is 6.32. The van der Waals surface area contributed by atoms with E-state index in [-0.39, 0.29) is 0 Å². The van der Waals surface area contributed by atoms with Crippen molar-refractivity contribution in [3.05, 3.63) is 22.7 Å². The van der Waals surface area contributed by atoms with Crippen molar-refractivity contribution in [3.63, 3.8) is 0 Å². The quantitative estimate of drug-likeness (QED) is 0.889. The van der Waals surface area contributed by atoms with Crippen LogP contribution in [-0.2, 0) is 6.54 Å². The molecular formula is C16H22ClNO2S. The fourth-order valence-electron chi connectivity index (χ4n) is 2.85. The molecule has 0 unspecified atom stereocenters. The fourth-order valence-corrected chi connectivity index (χ4v) is 4.08. The van der Waals surface area contributed by atoms with Gasteiger partial charge in [-0.25, -0.2) is 0 Å². The van der Waals surface area contributed by atoms with Gasteiger partial charge < -0.3 is 14.8 Å². The van der Waals surface area contributed by atoms with E-state index in [4.69, 9.17) is 21.1 Å². The molecule has 1 aromatic carbocycles. The predicted molar refractivity (Wildman–Crippen MR) is 88.9 cm³/mol. The number of halogens is 1. The normalized spacial score (nSPS) is 19.7.